The molecule has 0 aliphatic heterocycles. The van der Waals surface area contributed by atoms with Crippen LogP contribution in [0.15, 0.2) is 60.7 Å². The minimum absolute atomic E-state index is 0.121. The summed E-state index contributed by atoms with van der Waals surface area (Å²) in [6.45, 7) is 1.99. The lowest BCUT2D eigenvalue weighted by atomic mass is 10.1. The van der Waals surface area contributed by atoms with Gasteiger partial charge in [-0.3, -0.25) is 0 Å². The van der Waals surface area contributed by atoms with Gasteiger partial charge < -0.3 is 14.8 Å². The molecule has 0 aliphatic rings. The van der Waals surface area contributed by atoms with Crippen molar-refractivity contribution >= 4 is 17.8 Å². The van der Waals surface area contributed by atoms with E-state index in [2.05, 4.69) is 0 Å². The second kappa shape index (κ2) is 8.44. The van der Waals surface area contributed by atoms with Gasteiger partial charge in [0.2, 0.25) is 0 Å². The van der Waals surface area contributed by atoms with E-state index in [-0.39, 0.29) is 12.3 Å². The molecule has 2 aromatic rings. The summed E-state index contributed by atoms with van der Waals surface area (Å²) in [6, 6.07) is 18.9. The molecule has 0 unspecified atom stereocenters. The average Bonchev–Trinajstić information content (AvgIpc) is 2.62. The maximum Gasteiger partial charge on any atom is 0.148 e. The summed E-state index contributed by atoms with van der Waals surface area (Å²) in [5.41, 5.74) is -0.369. The highest BCUT2D eigenvalue weighted by Gasteiger charge is 2.37. The van der Waals surface area contributed by atoms with Crippen LogP contribution in [0.25, 0.3) is 0 Å². The number of rotatable bonds is 8. The van der Waals surface area contributed by atoms with Gasteiger partial charge in [-0.25, -0.2) is 0 Å². The van der Waals surface area contributed by atoms with Gasteiger partial charge >= 0.3 is 0 Å². The topological polar surface area (TPSA) is 57.5 Å². The van der Waals surface area contributed by atoms with E-state index in [1.807, 2.05) is 67.6 Å². The Kier molecular flexibility index (Phi) is 6.59. The van der Waals surface area contributed by atoms with E-state index in [4.69, 9.17) is 5.11 Å². The first-order valence-corrected chi connectivity index (χ1v) is 9.88. The van der Waals surface area contributed by atoms with E-state index in [0.29, 0.717) is 12.8 Å². The summed E-state index contributed by atoms with van der Waals surface area (Å²) < 4.78 is 14.0. The highest BCUT2D eigenvalue weighted by molar-refractivity contribution is 7.79. The second-order valence-electron chi connectivity index (χ2n) is 5.86. The van der Waals surface area contributed by atoms with Crippen LogP contribution in [0.4, 0.5) is 0 Å². The Morgan fingerprint density at radius 1 is 0.913 bits per heavy atom. The lowest BCUT2D eigenvalue weighted by molar-refractivity contribution is 0.155. The molecule has 2 N–H and O–H groups in total. The van der Waals surface area contributed by atoms with Crippen molar-refractivity contribution < 1.29 is 14.8 Å². The number of aliphatic hydroxyl groups is 2. The maximum absolute atomic E-state index is 14.0. The molecule has 0 fully saturated rings. The van der Waals surface area contributed by atoms with E-state index < -0.39 is 13.2 Å². The number of hydrogen-bond donors (Lipinski definition) is 2. The predicted molar refractivity (Wildman–Crippen MR) is 96.2 cm³/mol. The fourth-order valence-electron chi connectivity index (χ4n) is 2.87. The standard InChI is InChI=1S/C19H25O3P/c1-16(19(21)14-8-9-15-20)23(22,17-10-4-2-5-11-17)18-12-6-3-7-13-18/h2-7,10-13,16,19-21H,8-9,14-15H2,1H3/t16-,19+/m0/s1. The number of benzene rings is 2. The zero-order valence-electron chi connectivity index (χ0n) is 13.5. The lowest BCUT2D eigenvalue weighted by Crippen LogP contribution is -2.32. The highest BCUT2D eigenvalue weighted by Crippen LogP contribution is 2.50. The smallest absolute Gasteiger partial charge is 0.148 e. The van der Waals surface area contributed by atoms with Gasteiger partial charge in [0.05, 0.1) is 6.10 Å². The molecule has 3 nitrogen and oxygen atoms in total. The van der Waals surface area contributed by atoms with E-state index in [0.717, 1.165) is 17.0 Å². The number of aliphatic hydroxyl groups excluding tert-OH is 2. The Bertz CT molecular complexity index is 584. The average molecular weight is 332 g/mol. The van der Waals surface area contributed by atoms with Crippen molar-refractivity contribution in [2.24, 2.45) is 0 Å². The summed E-state index contributed by atoms with van der Waals surface area (Å²) in [5.74, 6) is 0. The quantitative estimate of drug-likeness (QED) is 0.577. The molecule has 0 saturated heterocycles. The van der Waals surface area contributed by atoms with Gasteiger partial charge in [0, 0.05) is 22.9 Å². The Morgan fingerprint density at radius 2 is 1.39 bits per heavy atom. The summed E-state index contributed by atoms with van der Waals surface area (Å²) >= 11 is 0. The van der Waals surface area contributed by atoms with Crippen molar-refractivity contribution in [2.45, 2.75) is 37.9 Å². The van der Waals surface area contributed by atoms with Gasteiger partial charge in [-0.15, -0.1) is 0 Å². The van der Waals surface area contributed by atoms with Gasteiger partial charge in [-0.05, 0) is 19.3 Å². The van der Waals surface area contributed by atoms with Crippen LogP contribution in [0, 0.1) is 0 Å². The van der Waals surface area contributed by atoms with Crippen LogP contribution in [-0.2, 0) is 4.57 Å². The van der Waals surface area contributed by atoms with Crippen molar-refractivity contribution in [3.8, 4) is 0 Å². The summed E-state index contributed by atoms with van der Waals surface area (Å²) in [5, 5.41) is 21.0. The van der Waals surface area contributed by atoms with Crippen LogP contribution in [0.3, 0.4) is 0 Å². The SMILES string of the molecule is C[C@@H]([C@H](O)CCCCO)P(=O)(c1ccccc1)c1ccccc1. The van der Waals surface area contributed by atoms with Crippen LogP contribution >= 0.6 is 7.14 Å². The molecule has 0 amide bonds. The minimum Gasteiger partial charge on any atom is -0.396 e. The third-order valence-electron chi connectivity index (χ3n) is 4.32. The lowest BCUT2D eigenvalue weighted by Gasteiger charge is -2.29. The molecule has 2 atom stereocenters. The fraction of sp³-hybridized carbons (Fsp3) is 0.368. The van der Waals surface area contributed by atoms with Crippen molar-refractivity contribution in [1.29, 1.82) is 0 Å². The summed E-state index contributed by atoms with van der Waals surface area (Å²) in [6.07, 6.45) is 1.27. The number of hydrogen-bond acceptors (Lipinski definition) is 3. The zero-order chi connectivity index (χ0) is 16.7. The van der Waals surface area contributed by atoms with E-state index >= 15 is 0 Å². The molecule has 2 rings (SSSR count). The van der Waals surface area contributed by atoms with E-state index in [1.165, 1.54) is 0 Å². The maximum atomic E-state index is 14.0. The summed E-state index contributed by atoms with van der Waals surface area (Å²) in [7, 11) is -2.93. The largest absolute Gasteiger partial charge is 0.396 e. The highest BCUT2D eigenvalue weighted by atomic mass is 31.2. The molecule has 0 aromatic heterocycles. The van der Waals surface area contributed by atoms with Crippen LogP contribution in [0.1, 0.15) is 26.2 Å². The Labute approximate surface area is 138 Å². The van der Waals surface area contributed by atoms with Gasteiger partial charge in [0.15, 0.2) is 0 Å². The van der Waals surface area contributed by atoms with Crippen LogP contribution < -0.4 is 10.6 Å². The van der Waals surface area contributed by atoms with E-state index in [9.17, 15) is 9.67 Å². The molecule has 0 bridgehead atoms. The minimum atomic E-state index is -2.93. The first-order chi connectivity index (χ1) is 11.1. The monoisotopic (exact) mass is 332 g/mol. The molecule has 0 heterocycles. The zero-order valence-corrected chi connectivity index (χ0v) is 14.4. The summed E-state index contributed by atoms with van der Waals surface area (Å²) in [4.78, 5) is 0. The third kappa shape index (κ3) is 4.11. The normalized spacial score (nSPS) is 14.4. The van der Waals surface area contributed by atoms with Gasteiger partial charge in [-0.1, -0.05) is 67.6 Å². The molecular weight excluding hydrogens is 307 g/mol. The molecule has 2 aromatic carbocycles. The molecule has 0 spiro atoms. The Balaban J connectivity index is 2.37. The first-order valence-electron chi connectivity index (χ1n) is 8.10. The molecule has 0 aliphatic carbocycles. The van der Waals surface area contributed by atoms with Crippen molar-refractivity contribution in [3.63, 3.8) is 0 Å². The van der Waals surface area contributed by atoms with Crippen LogP contribution in [0.2, 0.25) is 0 Å². The predicted octanol–water partition coefficient (Wildman–Crippen LogP) is 2.91. The van der Waals surface area contributed by atoms with Crippen molar-refractivity contribution in [2.75, 3.05) is 6.61 Å². The molecule has 124 valence electrons. The molecule has 23 heavy (non-hydrogen) atoms. The van der Waals surface area contributed by atoms with Crippen LogP contribution in [0.5, 0.6) is 0 Å². The fourth-order valence-corrected chi connectivity index (χ4v) is 5.97. The molecule has 4 heteroatoms. The van der Waals surface area contributed by atoms with Crippen molar-refractivity contribution in [3.05, 3.63) is 60.7 Å². The molecule has 0 saturated carbocycles. The van der Waals surface area contributed by atoms with Crippen LogP contribution in [-0.4, -0.2) is 28.6 Å². The van der Waals surface area contributed by atoms with Gasteiger partial charge in [0.25, 0.3) is 0 Å². The van der Waals surface area contributed by atoms with Gasteiger partial charge in [-0.2, -0.15) is 0 Å². The van der Waals surface area contributed by atoms with Gasteiger partial charge in [0.1, 0.15) is 7.14 Å². The number of unbranched alkanes of at least 4 members (excludes halogenated alkanes) is 1. The first kappa shape index (κ1) is 17.9. The molecular formula is C19H25O3P. The van der Waals surface area contributed by atoms with E-state index in [1.54, 1.807) is 0 Å². The second-order valence-corrected chi connectivity index (χ2v) is 9.02. The molecule has 0 radical (unpaired) electrons. The third-order valence-corrected chi connectivity index (χ3v) is 7.94. The Morgan fingerprint density at radius 3 is 1.83 bits per heavy atom. The Hall–Kier alpha value is -1.41. The van der Waals surface area contributed by atoms with Crippen molar-refractivity contribution in [1.82, 2.24) is 0 Å².